The van der Waals surface area contributed by atoms with Crippen molar-refractivity contribution < 1.29 is 42.9 Å². The first-order valence-corrected chi connectivity index (χ1v) is 19.9. The zero-order valence-electron chi connectivity index (χ0n) is 34.9. The molecule has 13 heteroatoms. The number of carbonyl (C=O) groups is 5. The molecule has 1 aliphatic carbocycles. The molecule has 0 radical (unpaired) electrons. The van der Waals surface area contributed by atoms with E-state index >= 15 is 0 Å². The van der Waals surface area contributed by atoms with Crippen LogP contribution >= 0.6 is 0 Å². The number of nitrogens with one attached hydrogen (secondary N) is 2. The number of benzene rings is 1. The molecule has 9 atom stereocenters. The zero-order chi connectivity index (χ0) is 41.4. The van der Waals surface area contributed by atoms with Gasteiger partial charge in [-0.05, 0) is 61.1 Å². The number of amides is 3. The molecule has 55 heavy (non-hydrogen) atoms. The normalized spacial score (nSPS) is 20.7. The highest BCUT2D eigenvalue weighted by molar-refractivity contribution is 5.90. The standard InChI is InChI=1S/C42H67FN4O8/c1-12-26(6)37(46(9)40(51)29(24(2)3)20-33(48)36(44-8)25(4)5)34(54-10)21-35(49)47-23-42(17-18-42)22-32(47)38(55-11)27(7)39(50)45-31(41(52)53)19-28-15-13-14-16-30(28)43/h13-16,24-27,29,31-32,34,36-38,44H,12,17-23H2,1-11H3,(H,45,50)(H,52,53)/t26-,27+,29-,31-,32-,34+,36-,37-,38+/m0/s1. The molecule has 1 aromatic rings. The van der Waals surface area contributed by atoms with E-state index in [1.165, 1.54) is 25.3 Å². The van der Waals surface area contributed by atoms with Gasteiger partial charge in [0.2, 0.25) is 17.7 Å². The fraction of sp³-hybridized carbons (Fsp3) is 0.738. The molecule has 3 amide bonds. The maximum atomic E-state index is 14.4. The minimum Gasteiger partial charge on any atom is -0.480 e. The molecule has 1 saturated heterocycles. The first-order valence-electron chi connectivity index (χ1n) is 19.9. The molecule has 3 N–H and O–H groups in total. The Morgan fingerprint density at radius 1 is 1.00 bits per heavy atom. The minimum absolute atomic E-state index is 0.00947. The zero-order valence-corrected chi connectivity index (χ0v) is 34.9. The second kappa shape index (κ2) is 20.1. The van der Waals surface area contributed by atoms with Gasteiger partial charge in [0.15, 0.2) is 5.78 Å². The summed E-state index contributed by atoms with van der Waals surface area (Å²) in [6.07, 6.45) is 1.68. The second-order valence-corrected chi connectivity index (χ2v) is 16.8. The summed E-state index contributed by atoms with van der Waals surface area (Å²) in [6, 6.07) is 3.19. The fourth-order valence-corrected chi connectivity index (χ4v) is 8.53. The van der Waals surface area contributed by atoms with Crippen molar-refractivity contribution in [1.29, 1.82) is 0 Å². The molecule has 0 aromatic heterocycles. The highest BCUT2D eigenvalue weighted by Crippen LogP contribution is 2.56. The lowest BCUT2D eigenvalue weighted by Gasteiger charge is -2.41. The Morgan fingerprint density at radius 2 is 1.64 bits per heavy atom. The molecule has 2 aliphatic rings. The van der Waals surface area contributed by atoms with E-state index in [0.717, 1.165) is 19.3 Å². The molecule has 1 spiro atoms. The van der Waals surface area contributed by atoms with Crippen LogP contribution in [0.3, 0.4) is 0 Å². The summed E-state index contributed by atoms with van der Waals surface area (Å²) in [5.41, 5.74) is 0.0951. The lowest BCUT2D eigenvalue weighted by atomic mass is 9.84. The van der Waals surface area contributed by atoms with Gasteiger partial charge in [-0.3, -0.25) is 19.2 Å². The molecule has 1 aromatic carbocycles. The van der Waals surface area contributed by atoms with Gasteiger partial charge in [-0.25, -0.2) is 9.18 Å². The maximum Gasteiger partial charge on any atom is 0.326 e. The van der Waals surface area contributed by atoms with Gasteiger partial charge < -0.3 is 35.0 Å². The van der Waals surface area contributed by atoms with Crippen molar-refractivity contribution in [2.45, 2.75) is 130 Å². The summed E-state index contributed by atoms with van der Waals surface area (Å²) in [5.74, 6) is -4.23. The van der Waals surface area contributed by atoms with Gasteiger partial charge in [0.05, 0.1) is 42.7 Å². The van der Waals surface area contributed by atoms with Crippen molar-refractivity contribution in [3.05, 3.63) is 35.6 Å². The number of ketones is 1. The van der Waals surface area contributed by atoms with E-state index in [2.05, 4.69) is 10.6 Å². The monoisotopic (exact) mass is 774 g/mol. The molecule has 1 saturated carbocycles. The number of nitrogens with zero attached hydrogens (tertiary/aromatic N) is 2. The Labute approximate surface area is 327 Å². The number of aliphatic carboxylic acids is 1. The fourth-order valence-electron chi connectivity index (χ4n) is 8.53. The number of ether oxygens (including phenoxy) is 2. The average molecular weight is 775 g/mol. The minimum atomic E-state index is -1.37. The van der Waals surface area contributed by atoms with Crippen molar-refractivity contribution in [3.63, 3.8) is 0 Å². The third-order valence-corrected chi connectivity index (χ3v) is 12.3. The lowest BCUT2D eigenvalue weighted by Crippen LogP contribution is -2.55. The Kier molecular flexibility index (Phi) is 16.8. The van der Waals surface area contributed by atoms with Crippen LogP contribution in [0.5, 0.6) is 0 Å². The molecule has 2 fully saturated rings. The van der Waals surface area contributed by atoms with Gasteiger partial charge in [-0.2, -0.15) is 0 Å². The number of halogens is 1. The van der Waals surface area contributed by atoms with Crippen LogP contribution in [-0.2, 0) is 39.9 Å². The Bertz CT molecular complexity index is 1480. The molecule has 3 rings (SSSR count). The number of carboxylic acid groups (broad SMARTS) is 1. The maximum absolute atomic E-state index is 14.4. The molecule has 12 nitrogen and oxygen atoms in total. The number of hydrogen-bond donors (Lipinski definition) is 3. The second-order valence-electron chi connectivity index (χ2n) is 16.8. The van der Waals surface area contributed by atoms with Crippen LogP contribution < -0.4 is 10.6 Å². The number of carboxylic acids is 1. The highest BCUT2D eigenvalue weighted by Gasteiger charge is 2.56. The first kappa shape index (κ1) is 46.0. The summed E-state index contributed by atoms with van der Waals surface area (Å²) in [7, 11) is 6.52. The van der Waals surface area contributed by atoms with Gasteiger partial charge in [0, 0.05) is 46.6 Å². The van der Waals surface area contributed by atoms with Gasteiger partial charge in [-0.1, -0.05) is 73.1 Å². The summed E-state index contributed by atoms with van der Waals surface area (Å²) in [4.78, 5) is 71.3. The van der Waals surface area contributed by atoms with Crippen LogP contribution in [0.25, 0.3) is 0 Å². The molecular formula is C42H67FN4O8. The van der Waals surface area contributed by atoms with Gasteiger partial charge >= 0.3 is 5.97 Å². The average Bonchev–Trinajstić information content (AvgIpc) is 3.79. The van der Waals surface area contributed by atoms with Crippen LogP contribution in [0.4, 0.5) is 4.39 Å². The first-order chi connectivity index (χ1) is 25.9. The summed E-state index contributed by atoms with van der Waals surface area (Å²) >= 11 is 0. The van der Waals surface area contributed by atoms with E-state index in [-0.39, 0.29) is 71.6 Å². The summed E-state index contributed by atoms with van der Waals surface area (Å²) < 4.78 is 26.4. The van der Waals surface area contributed by atoms with Crippen molar-refractivity contribution >= 4 is 29.5 Å². The van der Waals surface area contributed by atoms with E-state index in [9.17, 15) is 33.5 Å². The number of likely N-dealkylation sites (tertiary alicyclic amines) is 1. The molecule has 0 bridgehead atoms. The van der Waals surface area contributed by atoms with Crippen LogP contribution in [0.15, 0.2) is 24.3 Å². The largest absolute Gasteiger partial charge is 0.480 e. The molecule has 1 heterocycles. The predicted molar refractivity (Wildman–Crippen MR) is 208 cm³/mol. The number of rotatable bonds is 22. The summed E-state index contributed by atoms with van der Waals surface area (Å²) in [5, 5.41) is 15.6. The molecule has 1 aliphatic heterocycles. The van der Waals surface area contributed by atoms with Crippen LogP contribution in [-0.4, -0.2) is 116 Å². The van der Waals surface area contributed by atoms with E-state index < -0.39 is 59.9 Å². The number of hydrogen-bond acceptors (Lipinski definition) is 8. The third kappa shape index (κ3) is 11.3. The molecular weight excluding hydrogens is 707 g/mol. The third-order valence-electron chi connectivity index (χ3n) is 12.3. The molecule has 0 unspecified atom stereocenters. The topological polar surface area (TPSA) is 155 Å². The van der Waals surface area contributed by atoms with Crippen molar-refractivity contribution in [2.24, 2.45) is 35.0 Å². The lowest BCUT2D eigenvalue weighted by molar-refractivity contribution is -0.149. The highest BCUT2D eigenvalue weighted by atomic mass is 19.1. The van der Waals surface area contributed by atoms with Crippen molar-refractivity contribution in [3.8, 4) is 0 Å². The van der Waals surface area contributed by atoms with Crippen LogP contribution in [0.2, 0.25) is 0 Å². The van der Waals surface area contributed by atoms with E-state index in [1.807, 2.05) is 41.5 Å². The van der Waals surface area contributed by atoms with Crippen LogP contribution in [0, 0.1) is 40.8 Å². The van der Waals surface area contributed by atoms with E-state index in [1.54, 1.807) is 44.0 Å². The van der Waals surface area contributed by atoms with Gasteiger partial charge in [0.1, 0.15) is 11.9 Å². The number of Topliss-reactive ketones (excluding diaryl/α,β-unsaturated/α-hetero) is 1. The SMILES string of the molecule is CC[C@H](C)[C@@H]([C@@H](CC(=O)N1CC2(CC2)C[C@H]1[C@H](OC)[C@@H](C)C(=O)N[C@@H](Cc1ccccc1F)C(=O)O)OC)N(C)C(=O)[C@@H](CC(=O)[C@@H](NC)C(C)C)C(C)C. The number of carbonyl (C=O) groups excluding carboxylic acids is 4. The van der Waals surface area contributed by atoms with Gasteiger partial charge in [-0.15, -0.1) is 0 Å². The smallest absolute Gasteiger partial charge is 0.326 e. The van der Waals surface area contributed by atoms with E-state index in [0.29, 0.717) is 13.0 Å². The quantitative estimate of drug-likeness (QED) is 0.152. The van der Waals surface area contributed by atoms with Crippen LogP contribution in [0.1, 0.15) is 92.6 Å². The number of likely N-dealkylation sites (N-methyl/N-ethyl adjacent to an activating group) is 2. The van der Waals surface area contributed by atoms with Crippen molar-refractivity contribution in [1.82, 2.24) is 20.4 Å². The van der Waals surface area contributed by atoms with Gasteiger partial charge in [0.25, 0.3) is 0 Å². The Morgan fingerprint density at radius 3 is 2.13 bits per heavy atom. The predicted octanol–water partition coefficient (Wildman–Crippen LogP) is 4.72. The Hall–Kier alpha value is -3.42. The molecule has 310 valence electrons. The van der Waals surface area contributed by atoms with E-state index in [4.69, 9.17) is 9.47 Å². The van der Waals surface area contributed by atoms with Crippen molar-refractivity contribution in [2.75, 3.05) is 34.9 Å². The number of methoxy groups -OCH3 is 2. The Balaban J connectivity index is 1.83. The summed E-state index contributed by atoms with van der Waals surface area (Å²) in [6.45, 7) is 14.1.